The minimum Gasteiger partial charge on any atom is -0.505 e. The molecule has 0 amide bonds. The molecule has 2 heterocycles. The Hall–Kier alpha value is -4.05. The fraction of sp³-hybridized carbons (Fsp3) is 0.208. The van der Waals surface area contributed by atoms with Gasteiger partial charge in [0, 0.05) is 4.88 Å². The zero-order chi connectivity index (χ0) is 24.0. The first kappa shape index (κ1) is 21.8. The average molecular weight is 476 g/mol. The van der Waals surface area contributed by atoms with Crippen molar-refractivity contribution >= 4 is 28.7 Å². The highest BCUT2D eigenvalue weighted by Gasteiger charge is 2.19. The van der Waals surface area contributed by atoms with Crippen LogP contribution >= 0.6 is 11.3 Å². The van der Waals surface area contributed by atoms with E-state index < -0.39 is 5.97 Å². The summed E-state index contributed by atoms with van der Waals surface area (Å²) in [4.78, 5) is 29.0. The maximum Gasteiger partial charge on any atom is 0.355 e. The molecule has 0 bridgehead atoms. The van der Waals surface area contributed by atoms with Crippen molar-refractivity contribution in [3.63, 3.8) is 0 Å². The number of carboxylic acids is 1. The van der Waals surface area contributed by atoms with Crippen LogP contribution in [0.3, 0.4) is 0 Å². The fourth-order valence-corrected chi connectivity index (χ4v) is 5.06. The number of rotatable bonds is 5. The number of azo groups is 1. The molecule has 172 valence electrons. The van der Waals surface area contributed by atoms with Crippen LogP contribution in [-0.4, -0.2) is 30.9 Å². The van der Waals surface area contributed by atoms with E-state index in [9.17, 15) is 19.8 Å². The molecule has 0 aliphatic heterocycles. The number of nitrogens with zero attached hydrogens (tertiary/aromatic N) is 4. The number of phenols is 1. The van der Waals surface area contributed by atoms with Crippen molar-refractivity contribution in [2.75, 3.05) is 0 Å². The zero-order valence-corrected chi connectivity index (χ0v) is 19.3. The Morgan fingerprint density at radius 2 is 1.94 bits per heavy atom. The van der Waals surface area contributed by atoms with Gasteiger partial charge in [-0.05, 0) is 68.5 Å². The number of aromatic amines is 1. The Morgan fingerprint density at radius 1 is 1.15 bits per heavy atom. The van der Waals surface area contributed by atoms with Gasteiger partial charge in [0.15, 0.2) is 17.1 Å². The second kappa shape index (κ2) is 8.38. The lowest BCUT2D eigenvalue weighted by Gasteiger charge is -2.04. The van der Waals surface area contributed by atoms with Crippen LogP contribution in [0.1, 0.15) is 38.6 Å². The molecule has 34 heavy (non-hydrogen) atoms. The number of benzene rings is 2. The lowest BCUT2D eigenvalue weighted by molar-refractivity contribution is 0.0690. The second-order valence-electron chi connectivity index (χ2n) is 8.13. The molecule has 0 spiro atoms. The topological polar surface area (TPSA) is 133 Å². The van der Waals surface area contributed by atoms with Crippen LogP contribution in [0, 0.1) is 13.8 Å². The quantitative estimate of drug-likeness (QED) is 0.341. The minimum atomic E-state index is -1.13. The third kappa shape index (κ3) is 3.71. The highest BCUT2D eigenvalue weighted by molar-refractivity contribution is 7.15. The maximum atomic E-state index is 13.0. The molecule has 0 radical (unpaired) electrons. The van der Waals surface area contributed by atoms with Crippen molar-refractivity contribution in [1.82, 2.24) is 14.8 Å². The van der Waals surface area contributed by atoms with E-state index in [1.807, 2.05) is 12.1 Å². The monoisotopic (exact) mass is 475 g/mol. The summed E-state index contributed by atoms with van der Waals surface area (Å²) in [6, 6.07) is 10.8. The molecule has 0 atom stereocenters. The summed E-state index contributed by atoms with van der Waals surface area (Å²) in [7, 11) is 0. The second-order valence-corrected chi connectivity index (χ2v) is 9.34. The third-order valence-corrected chi connectivity index (χ3v) is 6.89. The molecule has 9 nitrogen and oxygen atoms in total. The SMILES string of the molecule is Cc1[nH]n(-c2ccc3c(c2)CCC3)c(=O)c1N=Nc1cccc(-c2nc(C(=O)O)c(C)s2)c1O. The van der Waals surface area contributed by atoms with Crippen molar-refractivity contribution in [1.29, 1.82) is 0 Å². The number of aromatic hydroxyl groups is 1. The molecule has 4 aromatic rings. The summed E-state index contributed by atoms with van der Waals surface area (Å²) in [5.41, 5.74) is 4.11. The minimum absolute atomic E-state index is 0.0542. The number of phenolic OH excluding ortho intramolecular Hbond substituents is 1. The van der Waals surface area contributed by atoms with Gasteiger partial charge in [-0.3, -0.25) is 9.89 Å². The molecule has 3 N–H and O–H groups in total. The first-order valence-corrected chi connectivity index (χ1v) is 11.5. The van der Waals surface area contributed by atoms with Gasteiger partial charge in [-0.2, -0.15) is 0 Å². The number of H-pyrrole nitrogens is 1. The van der Waals surface area contributed by atoms with Crippen LogP contribution in [0.2, 0.25) is 0 Å². The average Bonchev–Trinajstić information content (AvgIpc) is 3.50. The number of hydrogen-bond acceptors (Lipinski definition) is 7. The van der Waals surface area contributed by atoms with E-state index in [2.05, 4.69) is 26.4 Å². The Morgan fingerprint density at radius 3 is 2.71 bits per heavy atom. The van der Waals surface area contributed by atoms with Gasteiger partial charge < -0.3 is 10.2 Å². The number of aromatic nitrogens is 3. The third-order valence-electron chi connectivity index (χ3n) is 5.88. The van der Waals surface area contributed by atoms with E-state index >= 15 is 0 Å². The lowest BCUT2D eigenvalue weighted by atomic mass is 10.1. The number of para-hydroxylation sites is 1. The van der Waals surface area contributed by atoms with E-state index in [-0.39, 0.29) is 28.4 Å². The van der Waals surface area contributed by atoms with Crippen LogP contribution in [-0.2, 0) is 12.8 Å². The molecule has 1 aliphatic rings. The predicted octanol–water partition coefficient (Wildman–Crippen LogP) is 5.21. The van der Waals surface area contributed by atoms with E-state index in [1.54, 1.807) is 32.0 Å². The number of nitrogens with one attached hydrogen (secondary N) is 1. The number of hydrogen-bond donors (Lipinski definition) is 3. The molecule has 2 aromatic heterocycles. The number of carbonyl (C=O) groups is 1. The normalized spacial score (nSPS) is 13.0. The summed E-state index contributed by atoms with van der Waals surface area (Å²) < 4.78 is 1.45. The van der Waals surface area contributed by atoms with Crippen molar-refractivity contribution in [2.45, 2.75) is 33.1 Å². The Kier molecular flexibility index (Phi) is 5.37. The standard InChI is InChI=1S/C24H21N5O4S/c1-12-19(23(31)29(28-12)16-10-9-14-5-3-6-15(14)11-16)27-26-18-8-4-7-17(21(18)30)22-25-20(24(32)33)13(2)34-22/h4,7-11,28,30H,3,5-6H2,1-2H3,(H,32,33). The van der Waals surface area contributed by atoms with Gasteiger partial charge in [-0.25, -0.2) is 14.5 Å². The van der Waals surface area contributed by atoms with E-state index in [4.69, 9.17) is 0 Å². The molecule has 0 saturated carbocycles. The predicted molar refractivity (Wildman–Crippen MR) is 128 cm³/mol. The zero-order valence-electron chi connectivity index (χ0n) is 18.5. The summed E-state index contributed by atoms with van der Waals surface area (Å²) >= 11 is 1.16. The van der Waals surface area contributed by atoms with Gasteiger partial charge in [-0.1, -0.05) is 12.1 Å². The first-order valence-electron chi connectivity index (χ1n) is 10.7. The van der Waals surface area contributed by atoms with Crippen molar-refractivity contribution in [2.24, 2.45) is 10.2 Å². The van der Waals surface area contributed by atoms with Crippen LogP contribution in [0.15, 0.2) is 51.4 Å². The van der Waals surface area contributed by atoms with Crippen LogP contribution in [0.5, 0.6) is 5.75 Å². The number of thiazole rings is 1. The van der Waals surface area contributed by atoms with Crippen LogP contribution in [0.25, 0.3) is 16.3 Å². The molecular formula is C24H21N5O4S. The van der Waals surface area contributed by atoms with Gasteiger partial charge in [0.1, 0.15) is 10.7 Å². The number of fused-ring (bicyclic) bond motifs is 1. The highest BCUT2D eigenvalue weighted by Crippen LogP contribution is 2.40. The van der Waals surface area contributed by atoms with Gasteiger partial charge in [0.05, 0.1) is 16.9 Å². The van der Waals surface area contributed by atoms with Gasteiger partial charge in [0.25, 0.3) is 5.56 Å². The van der Waals surface area contributed by atoms with E-state index in [0.29, 0.717) is 21.1 Å². The molecule has 2 aromatic carbocycles. The summed E-state index contributed by atoms with van der Waals surface area (Å²) in [6.07, 6.45) is 3.19. The Bertz CT molecular complexity index is 1530. The van der Waals surface area contributed by atoms with Gasteiger partial charge in [-0.15, -0.1) is 21.6 Å². The Labute approximate surface area is 198 Å². The first-order chi connectivity index (χ1) is 16.3. The summed E-state index contributed by atoms with van der Waals surface area (Å²) in [5, 5.41) is 31.7. The maximum absolute atomic E-state index is 13.0. The van der Waals surface area contributed by atoms with Gasteiger partial charge >= 0.3 is 5.97 Å². The summed E-state index contributed by atoms with van der Waals surface area (Å²) in [5.74, 6) is -1.32. The highest BCUT2D eigenvalue weighted by atomic mass is 32.1. The fourth-order valence-electron chi connectivity index (χ4n) is 4.13. The molecule has 10 heteroatoms. The van der Waals surface area contributed by atoms with E-state index in [0.717, 1.165) is 36.3 Å². The Balaban J connectivity index is 1.49. The van der Waals surface area contributed by atoms with Gasteiger partial charge in [0.2, 0.25) is 0 Å². The molecule has 0 unspecified atom stereocenters. The van der Waals surface area contributed by atoms with Crippen molar-refractivity contribution in [3.8, 4) is 22.0 Å². The largest absolute Gasteiger partial charge is 0.505 e. The summed E-state index contributed by atoms with van der Waals surface area (Å²) in [6.45, 7) is 3.40. The molecule has 0 saturated heterocycles. The van der Waals surface area contributed by atoms with Crippen LogP contribution < -0.4 is 5.56 Å². The number of aromatic carboxylic acids is 1. The molecule has 5 rings (SSSR count). The molecule has 1 aliphatic carbocycles. The van der Waals surface area contributed by atoms with Crippen molar-refractivity contribution in [3.05, 3.63) is 74.1 Å². The van der Waals surface area contributed by atoms with Crippen LogP contribution in [0.4, 0.5) is 11.4 Å². The van der Waals surface area contributed by atoms with E-state index in [1.165, 1.54) is 15.8 Å². The molecule has 0 fully saturated rings. The lowest BCUT2D eigenvalue weighted by Crippen LogP contribution is -2.14. The van der Waals surface area contributed by atoms with Crippen molar-refractivity contribution < 1.29 is 15.0 Å². The number of aryl methyl sites for hydroxylation is 4. The molecular weight excluding hydrogens is 454 g/mol. The number of carboxylic acid groups (broad SMARTS) is 1. The smallest absolute Gasteiger partial charge is 0.355 e.